The normalized spacial score (nSPS) is 19.1. The first-order chi connectivity index (χ1) is 17.2. The molecule has 1 fully saturated rings. The van der Waals surface area contributed by atoms with E-state index in [1.54, 1.807) is 41.9 Å². The van der Waals surface area contributed by atoms with E-state index in [1.165, 1.54) is 23.5 Å². The van der Waals surface area contributed by atoms with Crippen LogP contribution in [0.5, 0.6) is 5.75 Å². The van der Waals surface area contributed by atoms with Crippen LogP contribution in [0.1, 0.15) is 45.1 Å². The van der Waals surface area contributed by atoms with Crippen LogP contribution < -0.4 is 15.5 Å². The van der Waals surface area contributed by atoms with Gasteiger partial charge in [0.05, 0.1) is 12.0 Å². The Morgan fingerprint density at radius 1 is 1.00 bits per heavy atom. The number of sulfonamides is 1. The molecule has 10 heteroatoms. The quantitative estimate of drug-likeness (QED) is 0.329. The summed E-state index contributed by atoms with van der Waals surface area (Å²) in [5.41, 5.74) is 2.41. The topological polar surface area (TPSA) is 125 Å². The van der Waals surface area contributed by atoms with Crippen molar-refractivity contribution >= 4 is 21.8 Å². The lowest BCUT2D eigenvalue weighted by atomic mass is 9.81. The second-order valence-corrected chi connectivity index (χ2v) is 11.3. The van der Waals surface area contributed by atoms with Crippen molar-refractivity contribution in [2.24, 2.45) is 11.8 Å². The van der Waals surface area contributed by atoms with Gasteiger partial charge in [0, 0.05) is 18.5 Å². The zero-order valence-corrected chi connectivity index (χ0v) is 21.7. The van der Waals surface area contributed by atoms with Crippen LogP contribution in [0.4, 0.5) is 0 Å². The van der Waals surface area contributed by atoms with E-state index in [0.29, 0.717) is 37.0 Å². The predicted octanol–water partition coefficient (Wildman–Crippen LogP) is 3.09. The highest BCUT2D eigenvalue weighted by atomic mass is 32.2. The Labute approximate surface area is 212 Å². The smallest absolute Gasteiger partial charge is 0.262 e. The summed E-state index contributed by atoms with van der Waals surface area (Å²) in [7, 11) is -2.64. The van der Waals surface area contributed by atoms with Crippen LogP contribution in [-0.4, -0.2) is 48.9 Å². The van der Waals surface area contributed by atoms with E-state index in [2.05, 4.69) is 5.32 Å². The molecular formula is C26H35N3O6S. The molecule has 0 spiro atoms. The molecule has 3 N–H and O–H groups in total. The summed E-state index contributed by atoms with van der Waals surface area (Å²) >= 11 is 0. The van der Waals surface area contributed by atoms with Crippen molar-refractivity contribution in [1.82, 2.24) is 15.1 Å². The summed E-state index contributed by atoms with van der Waals surface area (Å²) in [6, 6.07) is 13.8. The van der Waals surface area contributed by atoms with Crippen LogP contribution >= 0.6 is 0 Å². The lowest BCUT2D eigenvalue weighted by molar-refractivity contribution is -0.136. The van der Waals surface area contributed by atoms with Crippen LogP contribution in [0.3, 0.4) is 0 Å². The average Bonchev–Trinajstić information content (AvgIpc) is 2.89. The number of benzene rings is 2. The third kappa shape index (κ3) is 6.63. The first-order valence-corrected chi connectivity index (χ1v) is 13.6. The van der Waals surface area contributed by atoms with Crippen molar-refractivity contribution in [2.45, 2.75) is 63.1 Å². The van der Waals surface area contributed by atoms with Gasteiger partial charge in [-0.3, -0.25) is 14.8 Å². The molecule has 3 rings (SSSR count). The highest BCUT2D eigenvalue weighted by Gasteiger charge is 2.42. The molecule has 0 bridgehead atoms. The van der Waals surface area contributed by atoms with Crippen LogP contribution in [0, 0.1) is 11.8 Å². The number of methoxy groups -OCH3 is 1. The maximum absolute atomic E-state index is 13.9. The lowest BCUT2D eigenvalue weighted by Gasteiger charge is -2.38. The minimum Gasteiger partial charge on any atom is -0.497 e. The molecule has 1 unspecified atom stereocenters. The Kier molecular flexibility index (Phi) is 9.47. The van der Waals surface area contributed by atoms with Gasteiger partial charge in [0.1, 0.15) is 11.8 Å². The summed E-state index contributed by atoms with van der Waals surface area (Å²) in [6.07, 6.45) is 2.26. The fraction of sp³-hybridized carbons (Fsp3) is 0.462. The standard InChI is InChI=1S/C26H35N3O6S/c1-18(2)25(30)27-21-11-9-20(10-12-21)24(26(31)28-32)29(17-19-7-5-4-6-8-19)36(33,34)23-15-13-22(35-3)14-16-23/h4-8,13-16,18,20-21,24,32H,9-12,17H2,1-3H3,(H,27,30)(H,28,31). The molecule has 196 valence electrons. The van der Waals surface area contributed by atoms with Gasteiger partial charge >= 0.3 is 0 Å². The summed E-state index contributed by atoms with van der Waals surface area (Å²) in [4.78, 5) is 25.2. The number of ether oxygens (including phenoxy) is 1. The molecule has 9 nitrogen and oxygen atoms in total. The van der Waals surface area contributed by atoms with Crippen molar-refractivity contribution in [2.75, 3.05) is 7.11 Å². The molecule has 36 heavy (non-hydrogen) atoms. The number of carbonyl (C=O) groups excluding carboxylic acids is 2. The number of hydrogen-bond donors (Lipinski definition) is 3. The van der Waals surface area contributed by atoms with E-state index in [4.69, 9.17) is 4.74 Å². The van der Waals surface area contributed by atoms with Crippen LogP contribution in [0.25, 0.3) is 0 Å². The number of nitrogens with one attached hydrogen (secondary N) is 2. The fourth-order valence-corrected chi connectivity index (χ4v) is 6.21. The SMILES string of the molecule is COc1ccc(S(=O)(=O)N(Cc2ccccc2)C(C(=O)NO)C2CCC(NC(=O)C(C)C)CC2)cc1. The lowest BCUT2D eigenvalue weighted by Crippen LogP contribution is -2.53. The minimum atomic E-state index is -4.14. The Balaban J connectivity index is 1.94. The number of nitrogens with zero attached hydrogens (tertiary/aromatic N) is 1. The molecule has 1 aliphatic rings. The van der Waals surface area contributed by atoms with Gasteiger partial charge in [-0.1, -0.05) is 44.2 Å². The molecule has 0 aromatic heterocycles. The maximum Gasteiger partial charge on any atom is 0.262 e. The first kappa shape index (κ1) is 27.6. The molecule has 0 radical (unpaired) electrons. The monoisotopic (exact) mass is 517 g/mol. The Morgan fingerprint density at radius 3 is 2.14 bits per heavy atom. The second kappa shape index (κ2) is 12.3. The highest BCUT2D eigenvalue weighted by Crippen LogP contribution is 2.34. The fourth-order valence-electron chi connectivity index (χ4n) is 4.57. The number of rotatable bonds is 10. The van der Waals surface area contributed by atoms with Gasteiger partial charge in [0.15, 0.2) is 0 Å². The summed E-state index contributed by atoms with van der Waals surface area (Å²) < 4.78 is 34.1. The molecule has 0 heterocycles. The van der Waals surface area contributed by atoms with E-state index >= 15 is 0 Å². The number of carbonyl (C=O) groups is 2. The zero-order valence-electron chi connectivity index (χ0n) is 20.9. The molecule has 2 aromatic rings. The summed E-state index contributed by atoms with van der Waals surface area (Å²) in [5, 5.41) is 12.6. The van der Waals surface area contributed by atoms with Crippen molar-refractivity contribution in [3.63, 3.8) is 0 Å². The van der Waals surface area contributed by atoms with Gasteiger partial charge in [-0.05, 0) is 61.4 Å². The van der Waals surface area contributed by atoms with E-state index in [-0.39, 0.29) is 35.2 Å². The molecule has 1 saturated carbocycles. The maximum atomic E-state index is 13.9. The van der Waals surface area contributed by atoms with Crippen LogP contribution in [0.15, 0.2) is 59.5 Å². The van der Waals surface area contributed by atoms with E-state index in [0.717, 1.165) is 0 Å². The summed E-state index contributed by atoms with van der Waals surface area (Å²) in [6.45, 7) is 3.61. The molecule has 2 amide bonds. The van der Waals surface area contributed by atoms with Crippen LogP contribution in [0.2, 0.25) is 0 Å². The minimum absolute atomic E-state index is 0.0212. The predicted molar refractivity (Wildman–Crippen MR) is 135 cm³/mol. The Bertz CT molecular complexity index is 1110. The summed E-state index contributed by atoms with van der Waals surface area (Å²) in [5.74, 6) is -0.781. The Hall–Kier alpha value is -2.95. The highest BCUT2D eigenvalue weighted by molar-refractivity contribution is 7.89. The van der Waals surface area contributed by atoms with Gasteiger partial charge in [0.2, 0.25) is 15.9 Å². The number of hydroxylamine groups is 1. The van der Waals surface area contributed by atoms with Gasteiger partial charge in [-0.2, -0.15) is 4.31 Å². The Morgan fingerprint density at radius 2 is 1.61 bits per heavy atom. The molecule has 1 aliphatic carbocycles. The van der Waals surface area contributed by atoms with Crippen molar-refractivity contribution in [3.05, 3.63) is 60.2 Å². The number of hydrogen-bond acceptors (Lipinski definition) is 6. The first-order valence-electron chi connectivity index (χ1n) is 12.1. The molecule has 1 atom stereocenters. The molecule has 2 aromatic carbocycles. The van der Waals surface area contributed by atoms with Gasteiger partial charge in [-0.15, -0.1) is 0 Å². The van der Waals surface area contributed by atoms with Crippen molar-refractivity contribution in [1.29, 1.82) is 0 Å². The third-order valence-corrected chi connectivity index (χ3v) is 8.47. The van der Waals surface area contributed by atoms with Gasteiger partial charge in [0.25, 0.3) is 5.91 Å². The van der Waals surface area contributed by atoms with E-state index in [1.807, 2.05) is 19.9 Å². The van der Waals surface area contributed by atoms with Gasteiger partial charge in [-0.25, -0.2) is 13.9 Å². The third-order valence-electron chi connectivity index (χ3n) is 6.63. The van der Waals surface area contributed by atoms with E-state index in [9.17, 15) is 23.2 Å². The molecule has 0 aliphatic heterocycles. The largest absolute Gasteiger partial charge is 0.497 e. The van der Waals surface area contributed by atoms with Gasteiger partial charge < -0.3 is 10.1 Å². The van der Waals surface area contributed by atoms with Crippen molar-refractivity contribution < 1.29 is 28.0 Å². The molecule has 0 saturated heterocycles. The van der Waals surface area contributed by atoms with Crippen LogP contribution in [-0.2, 0) is 26.2 Å². The number of amides is 2. The molecular weight excluding hydrogens is 482 g/mol. The average molecular weight is 518 g/mol. The zero-order chi connectivity index (χ0) is 26.3. The van der Waals surface area contributed by atoms with E-state index < -0.39 is 22.0 Å². The van der Waals surface area contributed by atoms with Crippen molar-refractivity contribution in [3.8, 4) is 5.75 Å². The second-order valence-electron chi connectivity index (χ2n) is 9.41.